The number of hydrogen-bond acceptors (Lipinski definition) is 2. The number of aromatic nitrogens is 1. The maximum atomic E-state index is 12.7. The fraction of sp³-hybridized carbons (Fsp3) is 0.583. The van der Waals surface area contributed by atoms with E-state index in [-0.39, 0.29) is 18.9 Å². The van der Waals surface area contributed by atoms with Crippen molar-refractivity contribution < 1.29 is 13.2 Å². The lowest BCUT2D eigenvalue weighted by molar-refractivity contribution is -0.182. The Kier molecular flexibility index (Phi) is 4.14. The lowest BCUT2D eigenvalue weighted by Crippen LogP contribution is -2.34. The van der Waals surface area contributed by atoms with Crippen molar-refractivity contribution in [3.63, 3.8) is 0 Å². The summed E-state index contributed by atoms with van der Waals surface area (Å²) in [5.41, 5.74) is 0.761. The first-order valence-corrected chi connectivity index (χ1v) is 6.68. The highest BCUT2D eigenvalue weighted by atomic mass is 79.9. The number of anilines is 1. The quantitative estimate of drug-likeness (QED) is 0.874. The zero-order chi connectivity index (χ0) is 13.2. The molecule has 1 saturated carbocycles. The number of rotatable bonds is 2. The maximum Gasteiger partial charge on any atom is 0.391 e. The number of pyridine rings is 1. The molecule has 6 heteroatoms. The smallest absolute Gasteiger partial charge is 0.381 e. The van der Waals surface area contributed by atoms with Crippen LogP contribution in [0.4, 0.5) is 18.9 Å². The molecule has 1 aliphatic carbocycles. The van der Waals surface area contributed by atoms with E-state index in [1.165, 1.54) is 0 Å². The van der Waals surface area contributed by atoms with Crippen molar-refractivity contribution in [2.45, 2.75) is 37.9 Å². The number of alkyl halides is 3. The first kappa shape index (κ1) is 13.6. The van der Waals surface area contributed by atoms with E-state index >= 15 is 0 Å². The van der Waals surface area contributed by atoms with Gasteiger partial charge in [-0.25, -0.2) is 0 Å². The molecule has 100 valence electrons. The van der Waals surface area contributed by atoms with Crippen molar-refractivity contribution in [3.8, 4) is 0 Å². The third-order valence-corrected chi connectivity index (χ3v) is 3.65. The molecule has 1 N–H and O–H groups in total. The van der Waals surface area contributed by atoms with E-state index in [9.17, 15) is 13.2 Å². The number of halogens is 4. The van der Waals surface area contributed by atoms with Gasteiger partial charge in [-0.2, -0.15) is 13.2 Å². The Morgan fingerprint density at radius 2 is 2.06 bits per heavy atom. The van der Waals surface area contributed by atoms with E-state index in [0.29, 0.717) is 6.42 Å². The predicted molar refractivity (Wildman–Crippen MR) is 67.4 cm³/mol. The molecule has 2 rings (SSSR count). The van der Waals surface area contributed by atoms with Crippen LogP contribution in [0.3, 0.4) is 0 Å². The Labute approximate surface area is 112 Å². The molecule has 1 aromatic rings. The second-order valence-electron chi connectivity index (χ2n) is 4.64. The third kappa shape index (κ3) is 3.60. The van der Waals surface area contributed by atoms with Crippen LogP contribution in [0.15, 0.2) is 22.9 Å². The summed E-state index contributed by atoms with van der Waals surface area (Å²) in [4.78, 5) is 3.99. The molecular weight excluding hydrogens is 309 g/mol. The predicted octanol–water partition coefficient (Wildman–Crippen LogP) is 4.38. The van der Waals surface area contributed by atoms with Gasteiger partial charge in [-0.3, -0.25) is 4.98 Å². The topological polar surface area (TPSA) is 24.9 Å². The van der Waals surface area contributed by atoms with Gasteiger partial charge >= 0.3 is 6.18 Å². The van der Waals surface area contributed by atoms with Gasteiger partial charge in [-0.05, 0) is 41.3 Å². The summed E-state index contributed by atoms with van der Waals surface area (Å²) in [5, 5.41) is 3.13. The van der Waals surface area contributed by atoms with E-state index in [1.54, 1.807) is 12.4 Å². The normalized spacial score (nSPS) is 24.9. The van der Waals surface area contributed by atoms with Gasteiger partial charge in [0.25, 0.3) is 0 Å². The summed E-state index contributed by atoms with van der Waals surface area (Å²) in [6.45, 7) is 0. The largest absolute Gasteiger partial charge is 0.391 e. The summed E-state index contributed by atoms with van der Waals surface area (Å²) >= 11 is 3.29. The molecule has 1 aromatic heterocycles. The minimum absolute atomic E-state index is 0.124. The Morgan fingerprint density at radius 3 is 2.72 bits per heavy atom. The van der Waals surface area contributed by atoms with Crippen LogP contribution in [0, 0.1) is 5.92 Å². The van der Waals surface area contributed by atoms with Crippen molar-refractivity contribution >= 4 is 21.6 Å². The third-order valence-electron chi connectivity index (χ3n) is 3.21. The molecule has 0 spiro atoms. The van der Waals surface area contributed by atoms with Gasteiger partial charge in [0, 0.05) is 16.7 Å². The number of nitrogens with one attached hydrogen (secondary N) is 1. The second-order valence-corrected chi connectivity index (χ2v) is 5.55. The lowest BCUT2D eigenvalue weighted by Gasteiger charge is -2.31. The van der Waals surface area contributed by atoms with Crippen LogP contribution in [0.5, 0.6) is 0 Å². The van der Waals surface area contributed by atoms with Gasteiger partial charge < -0.3 is 5.32 Å². The summed E-state index contributed by atoms with van der Waals surface area (Å²) < 4.78 is 38.8. The average molecular weight is 323 g/mol. The standard InChI is InChI=1S/C12H14BrF3N2/c13-9-5-11(7-17-6-9)18-10-3-1-2-8(4-10)12(14,15)16/h5-8,10,18H,1-4H2. The Bertz CT molecular complexity index is 409. The van der Waals surface area contributed by atoms with Gasteiger partial charge in [-0.15, -0.1) is 0 Å². The molecule has 0 amide bonds. The summed E-state index contributed by atoms with van der Waals surface area (Å²) in [6.07, 6.45) is 0.985. The molecule has 0 aromatic carbocycles. The van der Waals surface area contributed by atoms with Gasteiger partial charge in [0.05, 0.1) is 17.8 Å². The monoisotopic (exact) mass is 322 g/mol. The molecule has 2 nitrogen and oxygen atoms in total. The zero-order valence-corrected chi connectivity index (χ0v) is 11.3. The molecule has 1 heterocycles. The number of nitrogens with zero attached hydrogens (tertiary/aromatic N) is 1. The number of hydrogen-bond donors (Lipinski definition) is 1. The maximum absolute atomic E-state index is 12.7. The molecule has 0 aliphatic heterocycles. The minimum Gasteiger partial charge on any atom is -0.381 e. The van der Waals surface area contributed by atoms with Crippen molar-refractivity contribution in [1.82, 2.24) is 4.98 Å². The molecule has 1 aliphatic rings. The van der Waals surface area contributed by atoms with Gasteiger partial charge in [0.1, 0.15) is 0 Å². The van der Waals surface area contributed by atoms with E-state index in [1.807, 2.05) is 6.07 Å². The van der Waals surface area contributed by atoms with Crippen molar-refractivity contribution in [3.05, 3.63) is 22.9 Å². The zero-order valence-electron chi connectivity index (χ0n) is 9.67. The molecule has 2 unspecified atom stereocenters. The van der Waals surface area contributed by atoms with Crippen LogP contribution in [-0.4, -0.2) is 17.2 Å². The highest BCUT2D eigenvalue weighted by molar-refractivity contribution is 9.10. The fourth-order valence-electron chi connectivity index (χ4n) is 2.34. The SMILES string of the molecule is FC(F)(F)C1CCCC(Nc2cncc(Br)c2)C1. The van der Waals surface area contributed by atoms with Gasteiger partial charge in [-0.1, -0.05) is 6.42 Å². The van der Waals surface area contributed by atoms with Crippen LogP contribution in [-0.2, 0) is 0 Å². The van der Waals surface area contributed by atoms with Crippen LogP contribution in [0.2, 0.25) is 0 Å². The van der Waals surface area contributed by atoms with Crippen LogP contribution >= 0.6 is 15.9 Å². The molecule has 0 radical (unpaired) electrons. The van der Waals surface area contributed by atoms with Crippen LogP contribution in [0.25, 0.3) is 0 Å². The van der Waals surface area contributed by atoms with Crippen molar-refractivity contribution in [1.29, 1.82) is 0 Å². The highest BCUT2D eigenvalue weighted by Crippen LogP contribution is 2.38. The molecule has 1 fully saturated rings. The van der Waals surface area contributed by atoms with E-state index < -0.39 is 12.1 Å². The molecule has 0 saturated heterocycles. The fourth-order valence-corrected chi connectivity index (χ4v) is 2.71. The van der Waals surface area contributed by atoms with Crippen molar-refractivity contribution in [2.75, 3.05) is 5.32 Å². The summed E-state index contributed by atoms with van der Waals surface area (Å²) in [6, 6.07) is 1.70. The lowest BCUT2D eigenvalue weighted by atomic mass is 9.85. The summed E-state index contributed by atoms with van der Waals surface area (Å²) in [7, 11) is 0. The first-order chi connectivity index (χ1) is 8.45. The van der Waals surface area contributed by atoms with E-state index in [0.717, 1.165) is 16.6 Å². The van der Waals surface area contributed by atoms with Crippen molar-refractivity contribution in [2.24, 2.45) is 5.92 Å². The Hall–Kier alpha value is -0.780. The minimum atomic E-state index is -4.07. The molecule has 2 atom stereocenters. The molecular formula is C12H14BrF3N2. The van der Waals surface area contributed by atoms with Crippen LogP contribution < -0.4 is 5.32 Å². The van der Waals surface area contributed by atoms with E-state index in [4.69, 9.17) is 0 Å². The van der Waals surface area contributed by atoms with Crippen LogP contribution in [0.1, 0.15) is 25.7 Å². The van der Waals surface area contributed by atoms with E-state index in [2.05, 4.69) is 26.2 Å². The summed E-state index contributed by atoms with van der Waals surface area (Å²) in [5.74, 6) is -1.18. The molecule has 0 bridgehead atoms. The first-order valence-electron chi connectivity index (χ1n) is 5.89. The average Bonchev–Trinajstić information content (AvgIpc) is 2.28. The highest BCUT2D eigenvalue weighted by Gasteiger charge is 2.42. The Balaban J connectivity index is 1.98. The van der Waals surface area contributed by atoms with Gasteiger partial charge in [0.15, 0.2) is 0 Å². The Morgan fingerprint density at radius 1 is 1.28 bits per heavy atom. The second kappa shape index (κ2) is 5.47. The van der Waals surface area contributed by atoms with Gasteiger partial charge in [0.2, 0.25) is 0 Å². The molecule has 18 heavy (non-hydrogen) atoms.